The number of hydrogen-bond donors (Lipinski definition) is 1. The SMILES string of the molecule is C/C=N\C1=C(C)[C@H](C(C)C)NCC1. The van der Waals surface area contributed by atoms with Gasteiger partial charge in [0.25, 0.3) is 0 Å². The van der Waals surface area contributed by atoms with Gasteiger partial charge in [0.1, 0.15) is 0 Å². The van der Waals surface area contributed by atoms with Gasteiger partial charge in [-0.15, -0.1) is 0 Å². The van der Waals surface area contributed by atoms with E-state index in [1.165, 1.54) is 11.3 Å². The van der Waals surface area contributed by atoms with Crippen molar-refractivity contribution < 1.29 is 0 Å². The predicted octanol–water partition coefficient (Wildman–Crippen LogP) is 2.37. The van der Waals surface area contributed by atoms with Crippen molar-refractivity contribution in [1.29, 1.82) is 0 Å². The molecule has 0 aliphatic carbocycles. The summed E-state index contributed by atoms with van der Waals surface area (Å²) in [5.74, 6) is 0.655. The molecular formula is C11H20N2. The van der Waals surface area contributed by atoms with Gasteiger partial charge in [0.05, 0.1) is 0 Å². The summed E-state index contributed by atoms with van der Waals surface area (Å²) in [4.78, 5) is 4.41. The summed E-state index contributed by atoms with van der Waals surface area (Å²) in [6.07, 6.45) is 2.96. The van der Waals surface area contributed by atoms with Crippen LogP contribution in [0, 0.1) is 5.92 Å². The average Bonchev–Trinajstić information content (AvgIpc) is 2.08. The Labute approximate surface area is 81.1 Å². The zero-order valence-electron chi connectivity index (χ0n) is 9.09. The van der Waals surface area contributed by atoms with Gasteiger partial charge < -0.3 is 5.32 Å². The molecule has 0 saturated heterocycles. The summed E-state index contributed by atoms with van der Waals surface area (Å²) >= 11 is 0. The molecule has 1 aliphatic rings. The molecule has 1 heterocycles. The molecule has 13 heavy (non-hydrogen) atoms. The minimum absolute atomic E-state index is 0.521. The van der Waals surface area contributed by atoms with E-state index in [2.05, 4.69) is 31.1 Å². The first-order valence-corrected chi connectivity index (χ1v) is 5.08. The van der Waals surface area contributed by atoms with Crippen LogP contribution in [0.2, 0.25) is 0 Å². The molecule has 0 aromatic carbocycles. The molecule has 0 saturated carbocycles. The van der Waals surface area contributed by atoms with Crippen molar-refractivity contribution in [1.82, 2.24) is 5.32 Å². The highest BCUT2D eigenvalue weighted by Gasteiger charge is 2.21. The van der Waals surface area contributed by atoms with E-state index in [4.69, 9.17) is 0 Å². The van der Waals surface area contributed by atoms with Crippen LogP contribution in [0.3, 0.4) is 0 Å². The highest BCUT2D eigenvalue weighted by molar-refractivity contribution is 5.55. The van der Waals surface area contributed by atoms with Crippen molar-refractivity contribution in [2.75, 3.05) is 6.54 Å². The molecule has 0 fully saturated rings. The molecule has 0 aromatic heterocycles. The van der Waals surface area contributed by atoms with Gasteiger partial charge in [0.2, 0.25) is 0 Å². The quantitative estimate of drug-likeness (QED) is 0.648. The number of rotatable bonds is 2. The zero-order valence-corrected chi connectivity index (χ0v) is 9.09. The average molecular weight is 180 g/mol. The Morgan fingerprint density at radius 3 is 2.77 bits per heavy atom. The molecule has 0 bridgehead atoms. The molecule has 74 valence electrons. The first-order chi connectivity index (χ1) is 6.16. The fourth-order valence-electron chi connectivity index (χ4n) is 1.93. The van der Waals surface area contributed by atoms with Crippen LogP contribution in [-0.4, -0.2) is 18.8 Å². The number of aliphatic imine (C=N–C) groups is 1. The number of nitrogens with zero attached hydrogens (tertiary/aromatic N) is 1. The molecule has 1 N–H and O–H groups in total. The Morgan fingerprint density at radius 1 is 1.54 bits per heavy atom. The summed E-state index contributed by atoms with van der Waals surface area (Å²) in [5.41, 5.74) is 2.69. The van der Waals surface area contributed by atoms with Crippen LogP contribution >= 0.6 is 0 Å². The molecule has 2 nitrogen and oxygen atoms in total. The molecule has 0 unspecified atom stereocenters. The van der Waals surface area contributed by atoms with Crippen molar-refractivity contribution in [3.05, 3.63) is 11.3 Å². The molecule has 1 rings (SSSR count). The van der Waals surface area contributed by atoms with Crippen LogP contribution in [0.15, 0.2) is 16.3 Å². The van der Waals surface area contributed by atoms with Crippen molar-refractivity contribution >= 4 is 6.21 Å². The molecule has 0 spiro atoms. The van der Waals surface area contributed by atoms with E-state index >= 15 is 0 Å². The number of hydrogen-bond acceptors (Lipinski definition) is 2. The van der Waals surface area contributed by atoms with Gasteiger partial charge in [-0.25, -0.2) is 0 Å². The molecule has 1 aliphatic heterocycles. The van der Waals surface area contributed by atoms with Gasteiger partial charge in [-0.05, 0) is 25.3 Å². The molecular weight excluding hydrogens is 160 g/mol. The Hall–Kier alpha value is -0.630. The van der Waals surface area contributed by atoms with Crippen LogP contribution < -0.4 is 5.32 Å². The zero-order chi connectivity index (χ0) is 9.84. The topological polar surface area (TPSA) is 24.4 Å². The van der Waals surface area contributed by atoms with E-state index in [-0.39, 0.29) is 0 Å². The van der Waals surface area contributed by atoms with Crippen LogP contribution in [0.5, 0.6) is 0 Å². The lowest BCUT2D eigenvalue weighted by atomic mass is 9.92. The van der Waals surface area contributed by atoms with E-state index < -0.39 is 0 Å². The molecule has 2 heteroatoms. The second kappa shape index (κ2) is 4.56. The maximum Gasteiger partial charge on any atom is 0.0417 e. The molecule has 0 amide bonds. The minimum Gasteiger partial charge on any atom is -0.310 e. The lowest BCUT2D eigenvalue weighted by Gasteiger charge is -2.29. The van der Waals surface area contributed by atoms with Crippen molar-refractivity contribution in [2.45, 2.75) is 40.2 Å². The first kappa shape index (κ1) is 10.5. The highest BCUT2D eigenvalue weighted by Crippen LogP contribution is 2.22. The Balaban J connectivity index is 2.85. The number of nitrogens with one attached hydrogen (secondary N) is 1. The van der Waals surface area contributed by atoms with Crippen molar-refractivity contribution in [3.63, 3.8) is 0 Å². The molecule has 1 atom stereocenters. The van der Waals surface area contributed by atoms with Gasteiger partial charge in [-0.2, -0.15) is 0 Å². The van der Waals surface area contributed by atoms with Crippen molar-refractivity contribution in [3.8, 4) is 0 Å². The van der Waals surface area contributed by atoms with Crippen LogP contribution in [0.1, 0.15) is 34.1 Å². The fraction of sp³-hybridized carbons (Fsp3) is 0.727. The van der Waals surface area contributed by atoms with Gasteiger partial charge in [0, 0.05) is 30.9 Å². The van der Waals surface area contributed by atoms with Crippen LogP contribution in [0.25, 0.3) is 0 Å². The summed E-state index contributed by atoms with van der Waals surface area (Å²) in [5, 5.41) is 3.52. The van der Waals surface area contributed by atoms with Gasteiger partial charge >= 0.3 is 0 Å². The largest absolute Gasteiger partial charge is 0.310 e. The maximum absolute atomic E-state index is 4.41. The lowest BCUT2D eigenvalue weighted by molar-refractivity contribution is 0.426. The lowest BCUT2D eigenvalue weighted by Crippen LogP contribution is -2.39. The Bertz CT molecular complexity index is 226. The third-order valence-electron chi connectivity index (χ3n) is 2.60. The Morgan fingerprint density at radius 2 is 2.23 bits per heavy atom. The molecule has 0 aromatic rings. The summed E-state index contributed by atoms with van der Waals surface area (Å²) in [6, 6.07) is 0.521. The minimum atomic E-state index is 0.521. The van der Waals surface area contributed by atoms with Gasteiger partial charge in [-0.3, -0.25) is 4.99 Å². The third-order valence-corrected chi connectivity index (χ3v) is 2.60. The Kier molecular flexibility index (Phi) is 3.67. The highest BCUT2D eigenvalue weighted by atomic mass is 14.9. The summed E-state index contributed by atoms with van der Waals surface area (Å²) in [7, 11) is 0. The van der Waals surface area contributed by atoms with E-state index in [0.717, 1.165) is 13.0 Å². The monoisotopic (exact) mass is 180 g/mol. The van der Waals surface area contributed by atoms with Crippen LogP contribution in [0.4, 0.5) is 0 Å². The van der Waals surface area contributed by atoms with E-state index in [1.807, 2.05) is 13.1 Å². The second-order valence-corrected chi connectivity index (χ2v) is 3.94. The first-order valence-electron chi connectivity index (χ1n) is 5.08. The standard InChI is InChI=1S/C11H20N2/c1-5-12-10-6-7-13-11(8(2)3)9(10)4/h5,8,11,13H,6-7H2,1-4H3/b12-5-/t11-/m0/s1. The fourth-order valence-corrected chi connectivity index (χ4v) is 1.93. The second-order valence-electron chi connectivity index (χ2n) is 3.94. The van der Waals surface area contributed by atoms with E-state index in [9.17, 15) is 0 Å². The smallest absolute Gasteiger partial charge is 0.0417 e. The molecule has 0 radical (unpaired) electrons. The van der Waals surface area contributed by atoms with Gasteiger partial charge in [0.15, 0.2) is 0 Å². The van der Waals surface area contributed by atoms with E-state index in [0.29, 0.717) is 12.0 Å². The van der Waals surface area contributed by atoms with Crippen LogP contribution in [-0.2, 0) is 0 Å². The summed E-state index contributed by atoms with van der Waals surface area (Å²) in [6.45, 7) is 9.73. The normalized spacial score (nSPS) is 24.8. The predicted molar refractivity (Wildman–Crippen MR) is 58.1 cm³/mol. The van der Waals surface area contributed by atoms with Crippen molar-refractivity contribution in [2.24, 2.45) is 10.9 Å². The maximum atomic E-state index is 4.41. The van der Waals surface area contributed by atoms with Gasteiger partial charge in [-0.1, -0.05) is 13.8 Å². The third kappa shape index (κ3) is 2.41. The summed E-state index contributed by atoms with van der Waals surface area (Å²) < 4.78 is 0. The van der Waals surface area contributed by atoms with E-state index in [1.54, 1.807) is 0 Å².